The Hall–Kier alpha value is -0.120. The van der Waals surface area contributed by atoms with Gasteiger partial charge in [0.25, 0.3) is 0 Å². The number of rotatable bonds is 1. The number of nitrogens with zero attached hydrogens (tertiary/aromatic N) is 1. The highest BCUT2D eigenvalue weighted by Crippen LogP contribution is 2.40. The maximum absolute atomic E-state index is 2.66. The molecule has 80 valence electrons. The Labute approximate surface area is 99.6 Å². The van der Waals surface area contributed by atoms with Gasteiger partial charge in [-0.2, -0.15) is 0 Å². The van der Waals surface area contributed by atoms with E-state index in [1.807, 2.05) is 11.8 Å². The average molecular weight is 237 g/mol. The van der Waals surface area contributed by atoms with Gasteiger partial charge >= 0.3 is 0 Å². The topological polar surface area (TPSA) is 3.24 Å². The van der Waals surface area contributed by atoms with E-state index in [4.69, 9.17) is 0 Å². The second-order valence-electron chi connectivity index (χ2n) is 4.18. The quantitative estimate of drug-likeness (QED) is 0.739. The van der Waals surface area contributed by atoms with Crippen molar-refractivity contribution in [3.8, 4) is 0 Å². The Balaban J connectivity index is 1.90. The van der Waals surface area contributed by atoms with Crippen LogP contribution in [0.5, 0.6) is 0 Å². The van der Waals surface area contributed by atoms with Crippen LogP contribution in [0.2, 0.25) is 0 Å². The molecule has 1 saturated heterocycles. The molecule has 0 saturated carbocycles. The van der Waals surface area contributed by atoms with Crippen molar-refractivity contribution >= 4 is 23.5 Å². The Kier molecular flexibility index (Phi) is 2.71. The van der Waals surface area contributed by atoms with E-state index in [2.05, 4.69) is 47.2 Å². The molecule has 1 aromatic carbocycles. The lowest BCUT2D eigenvalue weighted by atomic mass is 9.95. The van der Waals surface area contributed by atoms with E-state index in [0.29, 0.717) is 4.71 Å². The van der Waals surface area contributed by atoms with Gasteiger partial charge in [0.1, 0.15) is 4.71 Å². The van der Waals surface area contributed by atoms with Crippen LogP contribution < -0.4 is 0 Å². The summed E-state index contributed by atoms with van der Waals surface area (Å²) in [6.07, 6.45) is 3.47. The standard InChI is InChI=1S/C12H15NS2/c1-14-12-13-7-10-5-3-2-4-9(10)6-11(13)8-15-12/h2-5,11-12H,6-8H2,1H3/t11?,12-/m0/s1. The van der Waals surface area contributed by atoms with Crippen LogP contribution in [0.15, 0.2) is 24.3 Å². The third-order valence-corrected chi connectivity index (χ3v) is 6.09. The third kappa shape index (κ3) is 1.71. The molecule has 1 fully saturated rings. The first-order valence-electron chi connectivity index (χ1n) is 5.35. The lowest BCUT2D eigenvalue weighted by Crippen LogP contribution is -2.39. The number of hydrogen-bond donors (Lipinski definition) is 0. The maximum atomic E-state index is 2.66. The predicted octanol–water partition coefficient (Wildman–Crippen LogP) is 2.81. The molecule has 0 radical (unpaired) electrons. The van der Waals surface area contributed by atoms with Crippen LogP contribution >= 0.6 is 23.5 Å². The molecule has 2 heterocycles. The highest BCUT2D eigenvalue weighted by Gasteiger charge is 2.36. The van der Waals surface area contributed by atoms with Crippen molar-refractivity contribution in [2.24, 2.45) is 0 Å². The zero-order valence-electron chi connectivity index (χ0n) is 8.85. The van der Waals surface area contributed by atoms with Gasteiger partial charge in [-0.3, -0.25) is 4.90 Å². The largest absolute Gasteiger partial charge is 0.275 e. The van der Waals surface area contributed by atoms with Crippen molar-refractivity contribution in [1.29, 1.82) is 0 Å². The SMILES string of the molecule is CS[C@H]1SCC2Cc3ccccc3CN21. The summed E-state index contributed by atoms with van der Waals surface area (Å²) < 4.78 is 0.684. The summed E-state index contributed by atoms with van der Waals surface area (Å²) in [6.45, 7) is 1.15. The van der Waals surface area contributed by atoms with Gasteiger partial charge in [-0.1, -0.05) is 24.3 Å². The summed E-state index contributed by atoms with van der Waals surface area (Å²) in [5.74, 6) is 1.31. The van der Waals surface area contributed by atoms with Gasteiger partial charge < -0.3 is 0 Å². The summed E-state index contributed by atoms with van der Waals surface area (Å²) in [7, 11) is 0. The van der Waals surface area contributed by atoms with Gasteiger partial charge in [0.15, 0.2) is 0 Å². The van der Waals surface area contributed by atoms with E-state index in [1.54, 1.807) is 5.56 Å². The highest BCUT2D eigenvalue weighted by molar-refractivity contribution is 8.16. The smallest absolute Gasteiger partial charge is 0.103 e. The van der Waals surface area contributed by atoms with E-state index in [1.165, 1.54) is 17.7 Å². The molecule has 0 N–H and O–H groups in total. The zero-order chi connectivity index (χ0) is 10.3. The van der Waals surface area contributed by atoms with Gasteiger partial charge in [-0.15, -0.1) is 23.5 Å². The number of fused-ring (bicyclic) bond motifs is 2. The summed E-state index contributed by atoms with van der Waals surface area (Å²) in [5, 5.41) is 0. The summed E-state index contributed by atoms with van der Waals surface area (Å²) in [4.78, 5) is 2.66. The van der Waals surface area contributed by atoms with Crippen molar-refractivity contribution in [1.82, 2.24) is 4.90 Å². The van der Waals surface area contributed by atoms with E-state index in [-0.39, 0.29) is 0 Å². The van der Waals surface area contributed by atoms with Crippen LogP contribution in [0.25, 0.3) is 0 Å². The second kappa shape index (κ2) is 4.04. The highest BCUT2D eigenvalue weighted by atomic mass is 32.2. The Morgan fingerprint density at radius 3 is 2.93 bits per heavy atom. The minimum Gasteiger partial charge on any atom is -0.275 e. The zero-order valence-corrected chi connectivity index (χ0v) is 10.5. The van der Waals surface area contributed by atoms with E-state index in [9.17, 15) is 0 Å². The van der Waals surface area contributed by atoms with Crippen LogP contribution in [0, 0.1) is 0 Å². The van der Waals surface area contributed by atoms with Gasteiger partial charge in [-0.05, 0) is 23.8 Å². The molecule has 1 nitrogen and oxygen atoms in total. The van der Waals surface area contributed by atoms with Crippen LogP contribution in [-0.4, -0.2) is 27.7 Å². The van der Waals surface area contributed by atoms with Gasteiger partial charge in [0.05, 0.1) is 0 Å². The van der Waals surface area contributed by atoms with Crippen LogP contribution in [0.4, 0.5) is 0 Å². The fourth-order valence-corrected chi connectivity index (χ4v) is 4.93. The maximum Gasteiger partial charge on any atom is 0.103 e. The van der Waals surface area contributed by atoms with Crippen molar-refractivity contribution < 1.29 is 0 Å². The molecule has 2 aliphatic heterocycles. The Bertz CT molecular complexity index is 366. The van der Waals surface area contributed by atoms with Crippen molar-refractivity contribution in [3.63, 3.8) is 0 Å². The molecule has 0 aromatic heterocycles. The third-order valence-electron chi connectivity index (χ3n) is 3.30. The van der Waals surface area contributed by atoms with Gasteiger partial charge in [0, 0.05) is 18.3 Å². The first-order chi connectivity index (χ1) is 7.38. The normalized spacial score (nSPS) is 29.9. The monoisotopic (exact) mass is 237 g/mol. The minimum atomic E-state index is 0.684. The molecule has 3 heteroatoms. The van der Waals surface area contributed by atoms with Crippen LogP contribution in [0.3, 0.4) is 0 Å². The number of benzene rings is 1. The van der Waals surface area contributed by atoms with Crippen molar-refractivity contribution in [3.05, 3.63) is 35.4 Å². The molecular formula is C12H15NS2. The molecule has 1 aromatic rings. The van der Waals surface area contributed by atoms with Crippen LogP contribution in [-0.2, 0) is 13.0 Å². The Morgan fingerprint density at radius 1 is 1.33 bits per heavy atom. The van der Waals surface area contributed by atoms with Crippen LogP contribution in [0.1, 0.15) is 11.1 Å². The van der Waals surface area contributed by atoms with Crippen molar-refractivity contribution in [2.75, 3.05) is 12.0 Å². The van der Waals surface area contributed by atoms with E-state index in [0.717, 1.165) is 12.6 Å². The first-order valence-corrected chi connectivity index (χ1v) is 7.69. The van der Waals surface area contributed by atoms with Crippen molar-refractivity contribution in [2.45, 2.75) is 23.7 Å². The molecule has 0 spiro atoms. The number of hydrogen-bond acceptors (Lipinski definition) is 3. The lowest BCUT2D eigenvalue weighted by molar-refractivity contribution is 0.225. The molecule has 15 heavy (non-hydrogen) atoms. The fourth-order valence-electron chi connectivity index (χ4n) is 2.50. The molecule has 1 unspecified atom stereocenters. The predicted molar refractivity (Wildman–Crippen MR) is 69.2 cm³/mol. The molecule has 0 bridgehead atoms. The molecule has 0 amide bonds. The molecule has 2 atom stereocenters. The molecule has 3 rings (SSSR count). The fraction of sp³-hybridized carbons (Fsp3) is 0.500. The first kappa shape index (κ1) is 10.1. The second-order valence-corrected chi connectivity index (χ2v) is 6.50. The summed E-state index contributed by atoms with van der Waals surface area (Å²) in [6, 6.07) is 9.69. The minimum absolute atomic E-state index is 0.684. The van der Waals surface area contributed by atoms with Gasteiger partial charge in [-0.25, -0.2) is 0 Å². The average Bonchev–Trinajstić information content (AvgIpc) is 2.68. The van der Waals surface area contributed by atoms with E-state index >= 15 is 0 Å². The summed E-state index contributed by atoms with van der Waals surface area (Å²) in [5.41, 5.74) is 3.11. The molecular weight excluding hydrogens is 222 g/mol. The van der Waals surface area contributed by atoms with E-state index < -0.39 is 0 Å². The lowest BCUT2D eigenvalue weighted by Gasteiger charge is -2.33. The molecule has 0 aliphatic carbocycles. The number of thioether (sulfide) groups is 2. The Morgan fingerprint density at radius 2 is 2.13 bits per heavy atom. The molecule has 2 aliphatic rings. The van der Waals surface area contributed by atoms with Gasteiger partial charge in [0.2, 0.25) is 0 Å². The summed E-state index contributed by atoms with van der Waals surface area (Å²) >= 11 is 4.09.